The number of ether oxygens (including phenoxy) is 1. The van der Waals surface area contributed by atoms with E-state index < -0.39 is 42.1 Å². The SMILES string of the molecule is Cc1ccc(C(=O)N2CCOCC2)cc1-c1nc(NC(CO)CO)nc2c1ccc(=O)n2-c1c(F)cccc1F. The van der Waals surface area contributed by atoms with Gasteiger partial charge in [0.05, 0.1) is 38.2 Å². The lowest BCUT2D eigenvalue weighted by atomic mass is 9.99. The van der Waals surface area contributed by atoms with E-state index in [1.807, 2.05) is 6.92 Å². The highest BCUT2D eigenvalue weighted by Gasteiger charge is 2.23. The van der Waals surface area contributed by atoms with Crippen LogP contribution in [0, 0.1) is 18.6 Å². The number of morpholine rings is 1. The number of amides is 1. The molecular weight excluding hydrogens is 524 g/mol. The number of carbonyl (C=O) groups is 1. The van der Waals surface area contributed by atoms with Crippen LogP contribution in [0.5, 0.6) is 0 Å². The fourth-order valence-corrected chi connectivity index (χ4v) is 4.59. The lowest BCUT2D eigenvalue weighted by Crippen LogP contribution is -2.40. The maximum atomic E-state index is 14.9. The molecule has 3 N–H and O–H groups in total. The van der Waals surface area contributed by atoms with Crippen molar-refractivity contribution >= 4 is 22.9 Å². The highest BCUT2D eigenvalue weighted by molar-refractivity contribution is 5.98. The van der Waals surface area contributed by atoms with Crippen molar-refractivity contribution < 1.29 is 28.5 Å². The number of rotatable bonds is 7. The maximum absolute atomic E-state index is 14.9. The third kappa shape index (κ3) is 5.16. The van der Waals surface area contributed by atoms with Crippen molar-refractivity contribution in [2.45, 2.75) is 13.0 Å². The number of pyridine rings is 1. The molecule has 1 saturated heterocycles. The van der Waals surface area contributed by atoms with Gasteiger partial charge in [-0.3, -0.25) is 14.2 Å². The first-order chi connectivity index (χ1) is 19.3. The third-order valence-corrected chi connectivity index (χ3v) is 6.72. The zero-order chi connectivity index (χ0) is 28.4. The Bertz CT molecular complexity index is 1610. The molecule has 2 aromatic heterocycles. The molecule has 208 valence electrons. The average Bonchev–Trinajstić information content (AvgIpc) is 2.96. The Morgan fingerprint density at radius 2 is 1.75 bits per heavy atom. The molecule has 0 aliphatic carbocycles. The Hall–Kier alpha value is -4.26. The third-order valence-electron chi connectivity index (χ3n) is 6.72. The highest BCUT2D eigenvalue weighted by atomic mass is 19.1. The number of nitrogens with one attached hydrogen (secondary N) is 1. The minimum Gasteiger partial charge on any atom is -0.394 e. The number of aromatic nitrogens is 3. The van der Waals surface area contributed by atoms with E-state index in [4.69, 9.17) is 4.74 Å². The molecule has 1 amide bonds. The van der Waals surface area contributed by atoms with Crippen LogP contribution in [-0.2, 0) is 4.74 Å². The number of anilines is 1. The molecular formula is C28H27F2N5O5. The van der Waals surface area contributed by atoms with Gasteiger partial charge < -0.3 is 25.2 Å². The smallest absolute Gasteiger partial charge is 0.256 e. The summed E-state index contributed by atoms with van der Waals surface area (Å²) in [6.45, 7) is 2.69. The largest absolute Gasteiger partial charge is 0.394 e. The van der Waals surface area contributed by atoms with Crippen LogP contribution in [0.2, 0.25) is 0 Å². The van der Waals surface area contributed by atoms with E-state index in [9.17, 15) is 28.6 Å². The highest BCUT2D eigenvalue weighted by Crippen LogP contribution is 2.32. The Morgan fingerprint density at radius 1 is 1.05 bits per heavy atom. The zero-order valence-electron chi connectivity index (χ0n) is 21.6. The van der Waals surface area contributed by atoms with Crippen LogP contribution in [0.1, 0.15) is 15.9 Å². The minimum absolute atomic E-state index is 0.101. The summed E-state index contributed by atoms with van der Waals surface area (Å²) in [6.07, 6.45) is 0. The number of aliphatic hydroxyl groups excluding tert-OH is 2. The molecule has 3 heterocycles. The first-order valence-electron chi connectivity index (χ1n) is 12.7. The molecule has 0 radical (unpaired) electrons. The van der Waals surface area contributed by atoms with Crippen LogP contribution in [0.4, 0.5) is 14.7 Å². The molecule has 2 aromatic carbocycles. The summed E-state index contributed by atoms with van der Waals surface area (Å²) in [4.78, 5) is 36.9. The molecule has 0 saturated carbocycles. The summed E-state index contributed by atoms with van der Waals surface area (Å²) in [5.41, 5.74) is 0.493. The number of carbonyl (C=O) groups excluding carboxylic acids is 1. The van der Waals surface area contributed by atoms with Crippen molar-refractivity contribution in [2.75, 3.05) is 44.8 Å². The number of hydrogen-bond acceptors (Lipinski definition) is 8. The average molecular weight is 552 g/mol. The lowest BCUT2D eigenvalue weighted by molar-refractivity contribution is 0.0303. The number of aliphatic hydroxyl groups is 2. The van der Waals surface area contributed by atoms with Crippen LogP contribution >= 0.6 is 0 Å². The van der Waals surface area contributed by atoms with Crippen molar-refractivity contribution in [1.29, 1.82) is 0 Å². The Labute approximate surface area is 227 Å². The van der Waals surface area contributed by atoms with Crippen molar-refractivity contribution in [3.05, 3.63) is 81.6 Å². The summed E-state index contributed by atoms with van der Waals surface area (Å²) < 4.78 is 36.0. The molecule has 0 spiro atoms. The van der Waals surface area contributed by atoms with Gasteiger partial charge in [0.2, 0.25) is 5.95 Å². The lowest BCUT2D eigenvalue weighted by Gasteiger charge is -2.27. The standard InChI is InChI=1S/C28H27F2N5O5/c1-16-5-6-17(27(39)34-9-11-40-12-10-34)13-20(16)24-19-7-8-23(38)35(25-21(29)3-2-4-22(25)30)26(19)33-28(32-24)31-18(14-36)15-37/h2-8,13,18,36-37H,9-12,14-15H2,1H3,(H,31,32,33). The molecule has 40 heavy (non-hydrogen) atoms. The predicted octanol–water partition coefficient (Wildman–Crippen LogP) is 2.27. The van der Waals surface area contributed by atoms with Gasteiger partial charge in [-0.05, 0) is 42.8 Å². The Kier molecular flexibility index (Phi) is 7.83. The fraction of sp³-hybridized carbons (Fsp3) is 0.286. The van der Waals surface area contributed by atoms with E-state index in [1.54, 1.807) is 23.1 Å². The van der Waals surface area contributed by atoms with Gasteiger partial charge >= 0.3 is 0 Å². The summed E-state index contributed by atoms with van der Waals surface area (Å²) in [5, 5.41) is 22.3. The molecule has 0 atom stereocenters. The van der Waals surface area contributed by atoms with Gasteiger partial charge in [0.1, 0.15) is 17.3 Å². The summed E-state index contributed by atoms with van der Waals surface area (Å²) in [7, 11) is 0. The second-order valence-corrected chi connectivity index (χ2v) is 9.35. The van der Waals surface area contributed by atoms with Gasteiger partial charge in [-0.2, -0.15) is 4.98 Å². The van der Waals surface area contributed by atoms with E-state index in [-0.39, 0.29) is 28.6 Å². The van der Waals surface area contributed by atoms with E-state index in [0.29, 0.717) is 37.4 Å². The van der Waals surface area contributed by atoms with Crippen LogP contribution < -0.4 is 10.9 Å². The van der Waals surface area contributed by atoms with Gasteiger partial charge in [-0.25, -0.2) is 13.8 Å². The number of hydrogen-bond donors (Lipinski definition) is 3. The molecule has 1 fully saturated rings. The normalized spacial score (nSPS) is 13.7. The van der Waals surface area contributed by atoms with Crippen LogP contribution in [0.3, 0.4) is 0 Å². The Balaban J connectivity index is 1.77. The number of fused-ring (bicyclic) bond motifs is 1. The van der Waals surface area contributed by atoms with Crippen molar-refractivity contribution in [3.8, 4) is 16.9 Å². The number of benzene rings is 2. The summed E-state index contributed by atoms with van der Waals surface area (Å²) in [6, 6.07) is 10.2. The minimum atomic E-state index is -0.970. The van der Waals surface area contributed by atoms with Crippen LogP contribution in [-0.4, -0.2) is 81.1 Å². The number of nitrogens with zero attached hydrogens (tertiary/aromatic N) is 4. The number of para-hydroxylation sites is 1. The summed E-state index contributed by atoms with van der Waals surface area (Å²) in [5.74, 6) is -2.23. The van der Waals surface area contributed by atoms with Gasteiger partial charge in [0.15, 0.2) is 5.65 Å². The van der Waals surface area contributed by atoms with Gasteiger partial charge in [0, 0.05) is 35.7 Å². The topological polar surface area (TPSA) is 130 Å². The van der Waals surface area contributed by atoms with Gasteiger partial charge in [-0.1, -0.05) is 12.1 Å². The molecule has 1 aliphatic rings. The van der Waals surface area contributed by atoms with E-state index >= 15 is 0 Å². The molecule has 1 aliphatic heterocycles. The molecule has 12 heteroatoms. The maximum Gasteiger partial charge on any atom is 0.256 e. The Morgan fingerprint density at radius 3 is 2.42 bits per heavy atom. The van der Waals surface area contributed by atoms with Gasteiger partial charge in [0.25, 0.3) is 11.5 Å². The van der Waals surface area contributed by atoms with E-state index in [1.165, 1.54) is 12.1 Å². The monoisotopic (exact) mass is 551 g/mol. The fourth-order valence-electron chi connectivity index (χ4n) is 4.59. The van der Waals surface area contributed by atoms with Crippen molar-refractivity contribution in [3.63, 3.8) is 0 Å². The van der Waals surface area contributed by atoms with Crippen molar-refractivity contribution in [2.24, 2.45) is 0 Å². The zero-order valence-corrected chi connectivity index (χ0v) is 21.6. The van der Waals surface area contributed by atoms with Gasteiger partial charge in [-0.15, -0.1) is 0 Å². The van der Waals surface area contributed by atoms with Crippen LogP contribution in [0.25, 0.3) is 28.0 Å². The second kappa shape index (κ2) is 11.5. The summed E-state index contributed by atoms with van der Waals surface area (Å²) >= 11 is 0. The predicted molar refractivity (Wildman–Crippen MR) is 144 cm³/mol. The van der Waals surface area contributed by atoms with Crippen LogP contribution in [0.15, 0.2) is 53.3 Å². The quantitative estimate of drug-likeness (QED) is 0.319. The molecule has 0 unspecified atom stereocenters. The van der Waals surface area contributed by atoms with E-state index in [0.717, 1.165) is 28.3 Å². The molecule has 0 bridgehead atoms. The van der Waals surface area contributed by atoms with Crippen molar-refractivity contribution in [1.82, 2.24) is 19.4 Å². The number of aryl methyl sites for hydroxylation is 1. The first-order valence-corrected chi connectivity index (χ1v) is 12.7. The van der Waals surface area contributed by atoms with E-state index in [2.05, 4.69) is 15.3 Å². The first kappa shape index (κ1) is 27.3. The number of halogens is 2. The molecule has 5 rings (SSSR count). The second-order valence-electron chi connectivity index (χ2n) is 9.35. The molecule has 4 aromatic rings. The molecule has 10 nitrogen and oxygen atoms in total.